The Balaban J connectivity index is 1.65. The van der Waals surface area contributed by atoms with Gasteiger partial charge in [-0.15, -0.1) is 0 Å². The summed E-state index contributed by atoms with van der Waals surface area (Å²) in [5, 5.41) is 7.10. The Kier molecular flexibility index (Phi) is 6.47. The number of hydrogen-bond acceptors (Lipinski definition) is 6. The molecule has 3 heterocycles. The van der Waals surface area contributed by atoms with Crippen LogP contribution in [0.4, 0.5) is 11.6 Å². The fraction of sp³-hybridized carbons (Fsp3) is 0.522. The SMILES string of the molecule is CC[C@@H](Nc1ncnc2c1CN(C1CCCNCC1)C(=O)CN2C)c1ccccc1. The minimum absolute atomic E-state index is 0.157. The number of nitrogens with zero attached hydrogens (tertiary/aromatic N) is 4. The van der Waals surface area contributed by atoms with E-state index >= 15 is 0 Å². The molecule has 1 saturated heterocycles. The molecule has 0 aliphatic carbocycles. The molecule has 2 aliphatic heterocycles. The number of anilines is 2. The Hall–Kier alpha value is -2.67. The molecule has 1 unspecified atom stereocenters. The van der Waals surface area contributed by atoms with Crippen molar-refractivity contribution in [3.05, 3.63) is 47.8 Å². The van der Waals surface area contributed by atoms with Crippen LogP contribution >= 0.6 is 0 Å². The number of hydrogen-bond donors (Lipinski definition) is 2. The van der Waals surface area contributed by atoms with Crippen molar-refractivity contribution < 1.29 is 4.79 Å². The lowest BCUT2D eigenvalue weighted by atomic mass is 10.0. The third-order valence-corrected chi connectivity index (χ3v) is 6.21. The summed E-state index contributed by atoms with van der Waals surface area (Å²) in [5.74, 6) is 1.84. The van der Waals surface area contributed by atoms with Gasteiger partial charge >= 0.3 is 0 Å². The number of fused-ring (bicyclic) bond motifs is 1. The Morgan fingerprint density at radius 1 is 1.17 bits per heavy atom. The van der Waals surface area contributed by atoms with E-state index in [9.17, 15) is 4.79 Å². The summed E-state index contributed by atoms with van der Waals surface area (Å²) in [6, 6.07) is 10.9. The summed E-state index contributed by atoms with van der Waals surface area (Å²) in [6.07, 6.45) is 5.67. The molecule has 2 atom stereocenters. The maximum atomic E-state index is 13.1. The Morgan fingerprint density at radius 2 is 2.00 bits per heavy atom. The van der Waals surface area contributed by atoms with E-state index in [0.717, 1.165) is 56.0 Å². The van der Waals surface area contributed by atoms with Crippen LogP contribution in [0, 0.1) is 0 Å². The quantitative estimate of drug-likeness (QED) is 0.792. The fourth-order valence-corrected chi connectivity index (χ4v) is 4.55. The first-order valence-electron chi connectivity index (χ1n) is 11.0. The lowest BCUT2D eigenvalue weighted by molar-refractivity contribution is -0.132. The molecular weight excluding hydrogens is 376 g/mol. The van der Waals surface area contributed by atoms with Crippen molar-refractivity contribution in [2.24, 2.45) is 0 Å². The molecule has 7 nitrogen and oxygen atoms in total. The van der Waals surface area contributed by atoms with Gasteiger partial charge in [-0.2, -0.15) is 0 Å². The van der Waals surface area contributed by atoms with Gasteiger partial charge in [0, 0.05) is 13.1 Å². The number of aromatic nitrogens is 2. The second kappa shape index (κ2) is 9.43. The maximum absolute atomic E-state index is 13.1. The van der Waals surface area contributed by atoms with E-state index in [2.05, 4.69) is 56.7 Å². The molecule has 0 bridgehead atoms. The molecule has 7 heteroatoms. The molecule has 160 valence electrons. The van der Waals surface area contributed by atoms with Crippen LogP contribution in [0.5, 0.6) is 0 Å². The molecule has 0 saturated carbocycles. The van der Waals surface area contributed by atoms with Crippen molar-refractivity contribution in [2.75, 3.05) is 36.9 Å². The van der Waals surface area contributed by atoms with Gasteiger partial charge in [-0.05, 0) is 44.3 Å². The second-order valence-corrected chi connectivity index (χ2v) is 8.25. The molecule has 30 heavy (non-hydrogen) atoms. The summed E-state index contributed by atoms with van der Waals surface area (Å²) in [6.45, 7) is 5.06. The van der Waals surface area contributed by atoms with Crippen molar-refractivity contribution >= 4 is 17.5 Å². The maximum Gasteiger partial charge on any atom is 0.242 e. The Labute approximate surface area is 178 Å². The first kappa shape index (κ1) is 20.6. The van der Waals surface area contributed by atoms with E-state index in [0.29, 0.717) is 13.1 Å². The van der Waals surface area contributed by atoms with Crippen LogP contribution in [0.2, 0.25) is 0 Å². The van der Waals surface area contributed by atoms with E-state index in [-0.39, 0.29) is 18.0 Å². The first-order chi connectivity index (χ1) is 14.7. The van der Waals surface area contributed by atoms with Crippen LogP contribution in [-0.4, -0.2) is 53.5 Å². The van der Waals surface area contributed by atoms with Gasteiger partial charge in [-0.25, -0.2) is 9.97 Å². The van der Waals surface area contributed by atoms with E-state index in [1.165, 1.54) is 5.56 Å². The van der Waals surface area contributed by atoms with Crippen LogP contribution in [0.15, 0.2) is 36.7 Å². The molecule has 2 N–H and O–H groups in total. The summed E-state index contributed by atoms with van der Waals surface area (Å²) >= 11 is 0. The van der Waals surface area contributed by atoms with E-state index < -0.39 is 0 Å². The highest BCUT2D eigenvalue weighted by atomic mass is 16.2. The monoisotopic (exact) mass is 408 g/mol. The van der Waals surface area contributed by atoms with Gasteiger partial charge in [0.25, 0.3) is 0 Å². The topological polar surface area (TPSA) is 73.4 Å². The van der Waals surface area contributed by atoms with Crippen LogP contribution in [-0.2, 0) is 11.3 Å². The number of carbonyl (C=O) groups is 1. The number of amides is 1. The molecule has 1 fully saturated rings. The average molecular weight is 409 g/mol. The third-order valence-electron chi connectivity index (χ3n) is 6.21. The minimum Gasteiger partial charge on any atom is -0.363 e. The Bertz CT molecular complexity index is 850. The van der Waals surface area contributed by atoms with E-state index in [1.807, 2.05) is 18.0 Å². The molecule has 0 spiro atoms. The molecule has 1 aromatic carbocycles. The Morgan fingerprint density at radius 3 is 2.80 bits per heavy atom. The summed E-state index contributed by atoms with van der Waals surface area (Å²) in [7, 11) is 1.94. The van der Waals surface area contributed by atoms with Crippen LogP contribution in [0.25, 0.3) is 0 Å². The van der Waals surface area contributed by atoms with Gasteiger partial charge in [-0.3, -0.25) is 4.79 Å². The van der Waals surface area contributed by atoms with Gasteiger partial charge in [0.1, 0.15) is 18.0 Å². The first-order valence-corrected chi connectivity index (χ1v) is 11.0. The van der Waals surface area contributed by atoms with Crippen molar-refractivity contribution in [1.29, 1.82) is 0 Å². The predicted octanol–water partition coefficient (Wildman–Crippen LogP) is 2.96. The van der Waals surface area contributed by atoms with Crippen LogP contribution in [0.3, 0.4) is 0 Å². The lowest BCUT2D eigenvalue weighted by Crippen LogP contribution is -2.43. The average Bonchev–Trinajstić information content (AvgIpc) is 3.11. The zero-order valence-corrected chi connectivity index (χ0v) is 18.0. The minimum atomic E-state index is 0.157. The van der Waals surface area contributed by atoms with Gasteiger partial charge < -0.3 is 20.4 Å². The van der Waals surface area contributed by atoms with Crippen LogP contribution < -0.4 is 15.5 Å². The van der Waals surface area contributed by atoms with Crippen LogP contribution in [0.1, 0.15) is 49.8 Å². The predicted molar refractivity (Wildman–Crippen MR) is 119 cm³/mol. The van der Waals surface area contributed by atoms with Gasteiger partial charge in [-0.1, -0.05) is 37.3 Å². The molecule has 4 rings (SSSR count). The van der Waals surface area contributed by atoms with Crippen molar-refractivity contribution in [3.63, 3.8) is 0 Å². The summed E-state index contributed by atoms with van der Waals surface area (Å²) < 4.78 is 0. The zero-order valence-electron chi connectivity index (χ0n) is 18.0. The number of rotatable bonds is 5. The molecule has 1 aromatic heterocycles. The highest BCUT2D eigenvalue weighted by Gasteiger charge is 2.32. The molecule has 0 radical (unpaired) electrons. The molecule has 2 aliphatic rings. The number of benzene rings is 1. The van der Waals surface area contributed by atoms with Crippen molar-refractivity contribution in [2.45, 2.75) is 51.2 Å². The summed E-state index contributed by atoms with van der Waals surface area (Å²) in [5.41, 5.74) is 2.24. The number of carbonyl (C=O) groups excluding carboxylic acids is 1. The smallest absolute Gasteiger partial charge is 0.242 e. The van der Waals surface area contributed by atoms with E-state index in [1.54, 1.807) is 6.33 Å². The van der Waals surface area contributed by atoms with Crippen molar-refractivity contribution in [3.8, 4) is 0 Å². The molecular formula is C23H32N6O. The third kappa shape index (κ3) is 4.41. The second-order valence-electron chi connectivity index (χ2n) is 8.25. The normalized spacial score (nSPS) is 20.9. The number of likely N-dealkylation sites (N-methyl/N-ethyl adjacent to an activating group) is 1. The molecule has 1 amide bonds. The zero-order chi connectivity index (χ0) is 20.9. The highest BCUT2D eigenvalue weighted by Crippen LogP contribution is 2.32. The van der Waals surface area contributed by atoms with Gasteiger partial charge in [0.2, 0.25) is 5.91 Å². The number of nitrogens with one attached hydrogen (secondary N) is 2. The molecule has 2 aromatic rings. The standard InChI is InChI=1S/C23H32N6O/c1-3-20(17-8-5-4-6-9-17)27-22-19-14-29(18-10-7-12-24-13-11-18)21(30)15-28(2)23(19)26-16-25-22/h4-6,8-9,16,18,20,24H,3,7,10-15H2,1-2H3,(H,25,26,27)/t18?,20-/m1/s1. The van der Waals surface area contributed by atoms with Crippen molar-refractivity contribution in [1.82, 2.24) is 20.2 Å². The summed E-state index contributed by atoms with van der Waals surface area (Å²) in [4.78, 5) is 26.3. The lowest BCUT2D eigenvalue weighted by Gasteiger charge is -2.30. The van der Waals surface area contributed by atoms with E-state index in [4.69, 9.17) is 0 Å². The van der Waals surface area contributed by atoms with Gasteiger partial charge in [0.05, 0.1) is 24.7 Å². The van der Waals surface area contributed by atoms with Gasteiger partial charge in [0.15, 0.2) is 0 Å². The fourth-order valence-electron chi connectivity index (χ4n) is 4.55. The largest absolute Gasteiger partial charge is 0.363 e. The highest BCUT2D eigenvalue weighted by molar-refractivity contribution is 5.84.